The highest BCUT2D eigenvalue weighted by atomic mass is 32.2. The first-order chi connectivity index (χ1) is 8.35. The Morgan fingerprint density at radius 3 is 2.67 bits per heavy atom. The van der Waals surface area contributed by atoms with Crippen LogP contribution in [0.4, 0.5) is 4.39 Å². The standard InChI is InChI=1S/C12H18FNO3S/c1-3-18(15,16)7-6-17-12-8-10(13)4-5-11(12)9(2)14/h4-5,8-9H,3,6-7,14H2,1-2H3/t9-/m0/s1. The Bertz CT molecular complexity index is 500. The van der Waals surface area contributed by atoms with Crippen LogP contribution in [0.2, 0.25) is 0 Å². The second kappa shape index (κ2) is 6.15. The Balaban J connectivity index is 2.75. The van der Waals surface area contributed by atoms with Crippen molar-refractivity contribution in [3.8, 4) is 5.75 Å². The van der Waals surface area contributed by atoms with Crippen molar-refractivity contribution < 1.29 is 17.5 Å². The molecule has 0 fully saturated rings. The smallest absolute Gasteiger partial charge is 0.153 e. The molecule has 1 aromatic carbocycles. The first-order valence-electron chi connectivity index (χ1n) is 5.74. The first kappa shape index (κ1) is 14.9. The first-order valence-corrected chi connectivity index (χ1v) is 7.56. The molecule has 4 nitrogen and oxygen atoms in total. The van der Waals surface area contributed by atoms with Crippen molar-refractivity contribution in [1.29, 1.82) is 0 Å². The summed E-state index contributed by atoms with van der Waals surface area (Å²) in [5.74, 6) is -0.151. The molecule has 0 aliphatic carbocycles. The molecule has 1 atom stereocenters. The van der Waals surface area contributed by atoms with Crippen LogP contribution < -0.4 is 10.5 Å². The van der Waals surface area contributed by atoms with Gasteiger partial charge in [-0.15, -0.1) is 0 Å². The zero-order valence-electron chi connectivity index (χ0n) is 10.5. The van der Waals surface area contributed by atoms with Crippen molar-refractivity contribution in [1.82, 2.24) is 0 Å². The molecule has 0 spiro atoms. The normalized spacial score (nSPS) is 13.3. The predicted molar refractivity (Wildman–Crippen MR) is 68.8 cm³/mol. The van der Waals surface area contributed by atoms with Crippen LogP contribution in [-0.2, 0) is 9.84 Å². The minimum atomic E-state index is -3.08. The van der Waals surface area contributed by atoms with Gasteiger partial charge in [0, 0.05) is 23.4 Å². The van der Waals surface area contributed by atoms with Gasteiger partial charge in [0.2, 0.25) is 0 Å². The number of rotatable bonds is 6. The Kier molecular flexibility index (Phi) is 5.10. The summed E-state index contributed by atoms with van der Waals surface area (Å²) in [5, 5.41) is 0. The number of sulfone groups is 1. The quantitative estimate of drug-likeness (QED) is 0.857. The van der Waals surface area contributed by atoms with Crippen LogP contribution in [0.15, 0.2) is 18.2 Å². The third kappa shape index (κ3) is 4.27. The molecule has 6 heteroatoms. The lowest BCUT2D eigenvalue weighted by molar-refractivity contribution is 0.333. The van der Waals surface area contributed by atoms with E-state index in [1.54, 1.807) is 19.9 Å². The molecule has 0 aliphatic heterocycles. The van der Waals surface area contributed by atoms with Crippen LogP contribution in [-0.4, -0.2) is 26.5 Å². The fraction of sp³-hybridized carbons (Fsp3) is 0.500. The molecular weight excluding hydrogens is 257 g/mol. The van der Waals surface area contributed by atoms with E-state index >= 15 is 0 Å². The summed E-state index contributed by atoms with van der Waals surface area (Å²) in [6, 6.07) is 3.76. The van der Waals surface area contributed by atoms with E-state index in [1.807, 2.05) is 0 Å². The minimum Gasteiger partial charge on any atom is -0.492 e. The molecule has 0 bridgehead atoms. The number of benzene rings is 1. The zero-order chi connectivity index (χ0) is 13.8. The predicted octanol–water partition coefficient (Wildman–Crippen LogP) is 1.66. The molecule has 102 valence electrons. The number of ether oxygens (including phenoxy) is 1. The van der Waals surface area contributed by atoms with E-state index in [2.05, 4.69) is 0 Å². The van der Waals surface area contributed by atoms with Gasteiger partial charge < -0.3 is 10.5 Å². The maximum Gasteiger partial charge on any atom is 0.153 e. The fourth-order valence-corrected chi connectivity index (χ4v) is 2.06. The Morgan fingerprint density at radius 1 is 1.44 bits per heavy atom. The van der Waals surface area contributed by atoms with Gasteiger partial charge in [0.05, 0.1) is 5.75 Å². The second-order valence-electron chi connectivity index (χ2n) is 4.06. The molecule has 0 unspecified atom stereocenters. The van der Waals surface area contributed by atoms with E-state index in [4.69, 9.17) is 10.5 Å². The zero-order valence-corrected chi connectivity index (χ0v) is 11.3. The van der Waals surface area contributed by atoms with E-state index in [0.29, 0.717) is 11.3 Å². The van der Waals surface area contributed by atoms with Crippen molar-refractivity contribution in [3.63, 3.8) is 0 Å². The van der Waals surface area contributed by atoms with Gasteiger partial charge in [-0.2, -0.15) is 0 Å². The summed E-state index contributed by atoms with van der Waals surface area (Å²) >= 11 is 0. The van der Waals surface area contributed by atoms with Crippen LogP contribution in [0.1, 0.15) is 25.5 Å². The molecule has 0 saturated heterocycles. The molecule has 0 radical (unpaired) electrons. The fourth-order valence-electron chi connectivity index (χ4n) is 1.43. The lowest BCUT2D eigenvalue weighted by Gasteiger charge is -2.14. The van der Waals surface area contributed by atoms with E-state index < -0.39 is 15.7 Å². The Labute approximate surface area is 107 Å². The summed E-state index contributed by atoms with van der Waals surface area (Å²) in [5.41, 5.74) is 6.39. The van der Waals surface area contributed by atoms with Crippen molar-refractivity contribution in [2.75, 3.05) is 18.1 Å². The second-order valence-corrected chi connectivity index (χ2v) is 6.53. The van der Waals surface area contributed by atoms with Gasteiger partial charge >= 0.3 is 0 Å². The Morgan fingerprint density at radius 2 is 2.11 bits per heavy atom. The monoisotopic (exact) mass is 275 g/mol. The summed E-state index contributed by atoms with van der Waals surface area (Å²) in [6.45, 7) is 3.33. The van der Waals surface area contributed by atoms with Gasteiger partial charge in [0.15, 0.2) is 9.84 Å². The van der Waals surface area contributed by atoms with E-state index in [1.165, 1.54) is 12.1 Å². The molecule has 18 heavy (non-hydrogen) atoms. The average molecular weight is 275 g/mol. The van der Waals surface area contributed by atoms with Crippen LogP contribution >= 0.6 is 0 Å². The van der Waals surface area contributed by atoms with Crippen LogP contribution in [0.25, 0.3) is 0 Å². The molecule has 2 N–H and O–H groups in total. The molecule has 0 heterocycles. The summed E-state index contributed by atoms with van der Waals surface area (Å²) < 4.78 is 41.0. The highest BCUT2D eigenvalue weighted by molar-refractivity contribution is 7.91. The van der Waals surface area contributed by atoms with Gasteiger partial charge in [0.25, 0.3) is 0 Å². The number of nitrogens with two attached hydrogens (primary N) is 1. The van der Waals surface area contributed by atoms with Gasteiger partial charge in [-0.25, -0.2) is 12.8 Å². The highest BCUT2D eigenvalue weighted by Gasteiger charge is 2.12. The summed E-state index contributed by atoms with van der Waals surface area (Å²) in [7, 11) is -3.08. The van der Waals surface area contributed by atoms with Crippen LogP contribution in [0.3, 0.4) is 0 Å². The molecule has 0 aromatic heterocycles. The van der Waals surface area contributed by atoms with Gasteiger partial charge in [-0.1, -0.05) is 13.0 Å². The van der Waals surface area contributed by atoms with E-state index in [9.17, 15) is 12.8 Å². The highest BCUT2D eigenvalue weighted by Crippen LogP contribution is 2.24. The topological polar surface area (TPSA) is 69.4 Å². The number of halogens is 1. The molecule has 0 amide bonds. The van der Waals surface area contributed by atoms with Gasteiger partial charge in [-0.3, -0.25) is 0 Å². The van der Waals surface area contributed by atoms with Crippen LogP contribution in [0.5, 0.6) is 5.75 Å². The summed E-state index contributed by atoms with van der Waals surface area (Å²) in [6.07, 6.45) is 0. The van der Waals surface area contributed by atoms with E-state index in [0.717, 1.165) is 0 Å². The van der Waals surface area contributed by atoms with Crippen molar-refractivity contribution in [2.45, 2.75) is 19.9 Å². The average Bonchev–Trinajstić information content (AvgIpc) is 2.28. The van der Waals surface area contributed by atoms with Crippen molar-refractivity contribution in [2.24, 2.45) is 5.73 Å². The van der Waals surface area contributed by atoms with Gasteiger partial charge in [0.1, 0.15) is 18.2 Å². The third-order valence-electron chi connectivity index (χ3n) is 2.56. The largest absolute Gasteiger partial charge is 0.492 e. The maximum absolute atomic E-state index is 13.1. The van der Waals surface area contributed by atoms with Crippen molar-refractivity contribution >= 4 is 9.84 Å². The lowest BCUT2D eigenvalue weighted by Crippen LogP contribution is -2.17. The molecule has 1 aromatic rings. The third-order valence-corrected chi connectivity index (χ3v) is 4.23. The lowest BCUT2D eigenvalue weighted by atomic mass is 10.1. The molecule has 1 rings (SSSR count). The SMILES string of the molecule is CCS(=O)(=O)CCOc1cc(F)ccc1[C@H](C)N. The number of hydrogen-bond donors (Lipinski definition) is 1. The molecular formula is C12H18FNO3S. The van der Waals surface area contributed by atoms with E-state index in [-0.39, 0.29) is 24.2 Å². The van der Waals surface area contributed by atoms with Crippen LogP contribution in [0, 0.1) is 5.82 Å². The molecule has 0 saturated carbocycles. The minimum absolute atomic E-state index is 0.000648. The maximum atomic E-state index is 13.1. The summed E-state index contributed by atoms with van der Waals surface area (Å²) in [4.78, 5) is 0. The van der Waals surface area contributed by atoms with Gasteiger partial charge in [-0.05, 0) is 13.0 Å². The van der Waals surface area contributed by atoms with Crippen molar-refractivity contribution in [3.05, 3.63) is 29.6 Å². The molecule has 0 aliphatic rings. The number of hydrogen-bond acceptors (Lipinski definition) is 4. The Hall–Kier alpha value is -1.14.